The predicted molar refractivity (Wildman–Crippen MR) is 65.5 cm³/mol. The summed E-state index contributed by atoms with van der Waals surface area (Å²) in [5.41, 5.74) is 1.35. The molecular weight excluding hydrogens is 188 g/mol. The Morgan fingerprint density at radius 1 is 1.29 bits per heavy atom. The van der Waals surface area contributed by atoms with Gasteiger partial charge in [0.1, 0.15) is 0 Å². The lowest BCUT2D eigenvalue weighted by atomic mass is 10.3. The van der Waals surface area contributed by atoms with Gasteiger partial charge in [0, 0.05) is 4.90 Å². The number of hydrogen-bond donors (Lipinski definition) is 0. The summed E-state index contributed by atoms with van der Waals surface area (Å²) >= 11 is 1.75. The molecule has 74 valence electrons. The standard InChI is InChI=1S/C13H16S/c1-11(2)9-10-12(3)14-13-7-5-4-6-8-13/h4-9H,3,10H2,1-2H3. The van der Waals surface area contributed by atoms with Gasteiger partial charge in [-0.1, -0.05) is 48.2 Å². The number of allylic oxidation sites excluding steroid dienone is 3. The first kappa shape index (κ1) is 11.1. The second-order valence-corrected chi connectivity index (χ2v) is 4.69. The zero-order valence-corrected chi connectivity index (χ0v) is 9.60. The Morgan fingerprint density at radius 2 is 1.93 bits per heavy atom. The third kappa shape index (κ3) is 4.33. The van der Waals surface area contributed by atoms with Gasteiger partial charge >= 0.3 is 0 Å². The maximum Gasteiger partial charge on any atom is 0.0118 e. The Morgan fingerprint density at radius 3 is 2.50 bits per heavy atom. The van der Waals surface area contributed by atoms with Gasteiger partial charge in [-0.15, -0.1) is 0 Å². The van der Waals surface area contributed by atoms with Crippen molar-refractivity contribution in [2.24, 2.45) is 0 Å². The normalized spacial score (nSPS) is 9.57. The van der Waals surface area contributed by atoms with Crippen LogP contribution in [0, 0.1) is 0 Å². The van der Waals surface area contributed by atoms with Crippen molar-refractivity contribution in [3.8, 4) is 0 Å². The van der Waals surface area contributed by atoms with Crippen molar-refractivity contribution in [1.29, 1.82) is 0 Å². The fourth-order valence-electron chi connectivity index (χ4n) is 1.01. The summed E-state index contributed by atoms with van der Waals surface area (Å²) in [6.07, 6.45) is 3.17. The summed E-state index contributed by atoms with van der Waals surface area (Å²) in [4.78, 5) is 2.46. The monoisotopic (exact) mass is 204 g/mol. The average Bonchev–Trinajstić information content (AvgIpc) is 2.16. The van der Waals surface area contributed by atoms with Gasteiger partial charge in [-0.3, -0.25) is 0 Å². The predicted octanol–water partition coefficient (Wildman–Crippen LogP) is 4.65. The smallest absolute Gasteiger partial charge is 0.0118 e. The largest absolute Gasteiger partial charge is 0.0948 e. The first-order valence-electron chi connectivity index (χ1n) is 4.72. The Bertz CT molecular complexity index is 318. The van der Waals surface area contributed by atoms with Crippen LogP contribution >= 0.6 is 11.8 Å². The van der Waals surface area contributed by atoms with Crippen molar-refractivity contribution in [3.63, 3.8) is 0 Å². The van der Waals surface area contributed by atoms with E-state index in [4.69, 9.17) is 0 Å². The van der Waals surface area contributed by atoms with Crippen LogP contribution < -0.4 is 0 Å². The highest BCUT2D eigenvalue weighted by molar-refractivity contribution is 8.03. The lowest BCUT2D eigenvalue weighted by molar-refractivity contribution is 1.27. The molecule has 1 rings (SSSR count). The topological polar surface area (TPSA) is 0 Å². The lowest BCUT2D eigenvalue weighted by Gasteiger charge is -2.02. The fraction of sp³-hybridized carbons (Fsp3) is 0.231. The second-order valence-electron chi connectivity index (χ2n) is 3.44. The van der Waals surface area contributed by atoms with Crippen LogP contribution in [0.4, 0.5) is 0 Å². The summed E-state index contributed by atoms with van der Waals surface area (Å²) in [5, 5.41) is 0. The minimum Gasteiger partial charge on any atom is -0.0948 e. The molecule has 0 fully saturated rings. The Labute approximate surface area is 90.7 Å². The molecule has 14 heavy (non-hydrogen) atoms. The summed E-state index contributed by atoms with van der Waals surface area (Å²) in [6.45, 7) is 8.26. The van der Waals surface area contributed by atoms with E-state index in [1.807, 2.05) is 6.07 Å². The van der Waals surface area contributed by atoms with Gasteiger partial charge in [-0.05, 0) is 37.3 Å². The van der Waals surface area contributed by atoms with Crippen molar-refractivity contribution >= 4 is 11.8 Å². The molecule has 0 saturated heterocycles. The zero-order chi connectivity index (χ0) is 10.4. The van der Waals surface area contributed by atoms with Crippen LogP contribution in [0.3, 0.4) is 0 Å². The molecule has 0 radical (unpaired) electrons. The van der Waals surface area contributed by atoms with E-state index in [9.17, 15) is 0 Å². The van der Waals surface area contributed by atoms with Crippen LogP contribution in [-0.2, 0) is 0 Å². The molecule has 0 saturated carbocycles. The Balaban J connectivity index is 2.46. The molecular formula is C13H16S. The highest BCUT2D eigenvalue weighted by Gasteiger charge is 1.95. The molecule has 0 bridgehead atoms. The van der Waals surface area contributed by atoms with E-state index >= 15 is 0 Å². The maximum atomic E-state index is 4.04. The quantitative estimate of drug-likeness (QED) is 0.508. The van der Waals surface area contributed by atoms with Crippen LogP contribution in [0.5, 0.6) is 0 Å². The number of rotatable bonds is 4. The van der Waals surface area contributed by atoms with E-state index in [1.54, 1.807) is 11.8 Å². The van der Waals surface area contributed by atoms with E-state index in [0.717, 1.165) is 6.42 Å². The summed E-state index contributed by atoms with van der Waals surface area (Å²) in [5.74, 6) is 0. The van der Waals surface area contributed by atoms with Gasteiger partial charge in [-0.25, -0.2) is 0 Å². The molecule has 0 atom stereocenters. The molecule has 1 heteroatoms. The van der Waals surface area contributed by atoms with Crippen LogP contribution in [0.1, 0.15) is 20.3 Å². The highest BCUT2D eigenvalue weighted by atomic mass is 32.2. The Hall–Kier alpha value is -0.950. The minimum atomic E-state index is 0.960. The van der Waals surface area contributed by atoms with Gasteiger partial charge < -0.3 is 0 Å². The van der Waals surface area contributed by atoms with Crippen molar-refractivity contribution in [2.75, 3.05) is 0 Å². The molecule has 0 aromatic heterocycles. The summed E-state index contributed by atoms with van der Waals surface area (Å²) < 4.78 is 0. The molecule has 0 unspecified atom stereocenters. The van der Waals surface area contributed by atoms with Crippen molar-refractivity contribution in [3.05, 3.63) is 53.5 Å². The van der Waals surface area contributed by atoms with Crippen LogP contribution in [0.25, 0.3) is 0 Å². The molecule has 0 heterocycles. The molecule has 0 spiro atoms. The van der Waals surface area contributed by atoms with E-state index in [2.05, 4.69) is 50.8 Å². The van der Waals surface area contributed by atoms with Crippen molar-refractivity contribution < 1.29 is 0 Å². The van der Waals surface area contributed by atoms with Crippen LogP contribution in [0.2, 0.25) is 0 Å². The summed E-state index contributed by atoms with van der Waals surface area (Å²) in [6, 6.07) is 10.4. The van der Waals surface area contributed by atoms with Gasteiger partial charge in [0.05, 0.1) is 0 Å². The Kier molecular flexibility index (Phi) is 4.54. The molecule has 1 aromatic rings. The minimum absolute atomic E-state index is 0.960. The third-order valence-electron chi connectivity index (χ3n) is 1.74. The SMILES string of the molecule is C=C(CC=C(C)C)Sc1ccccc1. The van der Waals surface area contributed by atoms with Gasteiger partial charge in [0.2, 0.25) is 0 Å². The molecule has 0 N–H and O–H groups in total. The lowest BCUT2D eigenvalue weighted by Crippen LogP contribution is -1.74. The average molecular weight is 204 g/mol. The van der Waals surface area contributed by atoms with Gasteiger partial charge in [0.15, 0.2) is 0 Å². The van der Waals surface area contributed by atoms with E-state index in [0.29, 0.717) is 0 Å². The molecule has 0 aliphatic heterocycles. The number of hydrogen-bond acceptors (Lipinski definition) is 1. The van der Waals surface area contributed by atoms with Gasteiger partial charge in [0.25, 0.3) is 0 Å². The van der Waals surface area contributed by atoms with Crippen molar-refractivity contribution in [2.45, 2.75) is 25.2 Å². The first-order chi connectivity index (χ1) is 6.68. The van der Waals surface area contributed by atoms with E-state index < -0.39 is 0 Å². The zero-order valence-electron chi connectivity index (χ0n) is 8.79. The molecule has 0 aliphatic carbocycles. The number of benzene rings is 1. The van der Waals surface area contributed by atoms with Crippen molar-refractivity contribution in [1.82, 2.24) is 0 Å². The van der Waals surface area contributed by atoms with Crippen LogP contribution in [0.15, 0.2) is 58.4 Å². The van der Waals surface area contributed by atoms with Gasteiger partial charge in [-0.2, -0.15) is 0 Å². The first-order valence-corrected chi connectivity index (χ1v) is 5.54. The molecule has 0 aliphatic rings. The molecule has 0 amide bonds. The maximum absolute atomic E-state index is 4.04. The third-order valence-corrected chi connectivity index (χ3v) is 2.71. The highest BCUT2D eigenvalue weighted by Crippen LogP contribution is 2.27. The molecule has 1 aromatic carbocycles. The van der Waals surface area contributed by atoms with Crippen LogP contribution in [-0.4, -0.2) is 0 Å². The van der Waals surface area contributed by atoms with E-state index in [1.165, 1.54) is 15.4 Å². The molecule has 0 nitrogen and oxygen atoms in total. The second kappa shape index (κ2) is 5.71. The fourth-order valence-corrected chi connectivity index (χ4v) is 1.81. The summed E-state index contributed by atoms with van der Waals surface area (Å²) in [7, 11) is 0. The van der Waals surface area contributed by atoms with E-state index in [-0.39, 0.29) is 0 Å². The number of thioether (sulfide) groups is 1.